The third-order valence-corrected chi connectivity index (χ3v) is 7.02. The van der Waals surface area contributed by atoms with E-state index in [1.807, 2.05) is 127 Å². The van der Waals surface area contributed by atoms with Crippen molar-refractivity contribution in [1.29, 1.82) is 0 Å². The van der Waals surface area contributed by atoms with E-state index >= 15 is 0 Å². The van der Waals surface area contributed by atoms with Crippen LogP contribution in [0.25, 0.3) is 39.1 Å². The van der Waals surface area contributed by atoms with Gasteiger partial charge in [0.25, 0.3) is 5.91 Å². The van der Waals surface area contributed by atoms with E-state index in [1.54, 1.807) is 0 Å². The molecule has 0 saturated heterocycles. The molecule has 192 valence electrons. The molecule has 6 aromatic rings. The number of aromatic nitrogens is 5. The molecule has 1 amide bonds. The number of rotatable bonds is 6. The number of pyridine rings is 1. The summed E-state index contributed by atoms with van der Waals surface area (Å²) in [6.07, 6.45) is 1.98. The number of fused-ring (bicyclic) bond motifs is 1. The van der Waals surface area contributed by atoms with Crippen molar-refractivity contribution in [3.8, 4) is 28.2 Å². The van der Waals surface area contributed by atoms with Gasteiger partial charge in [-0.2, -0.15) is 10.2 Å². The van der Waals surface area contributed by atoms with Crippen LogP contribution in [0.1, 0.15) is 27.3 Å². The Morgan fingerprint density at radius 1 is 0.872 bits per heavy atom. The first-order valence-electron chi connectivity index (χ1n) is 12.9. The molecule has 7 heteroatoms. The maximum absolute atomic E-state index is 13.7. The lowest BCUT2D eigenvalue weighted by Crippen LogP contribution is -2.23. The molecule has 3 heterocycles. The minimum atomic E-state index is -0.166. The molecule has 0 atom stereocenters. The quantitative estimate of drug-likeness (QED) is 0.295. The molecule has 1 N–H and O–H groups in total. The Kier molecular flexibility index (Phi) is 6.25. The highest BCUT2D eigenvalue weighted by molar-refractivity contribution is 6.07. The summed E-state index contributed by atoms with van der Waals surface area (Å²) in [5, 5.41) is 13.4. The number of nitrogens with zero attached hydrogens (tertiary/aromatic N) is 5. The molecule has 0 aliphatic carbocycles. The summed E-state index contributed by atoms with van der Waals surface area (Å²) < 4.78 is 3.70. The maximum Gasteiger partial charge on any atom is 0.252 e. The maximum atomic E-state index is 13.7. The van der Waals surface area contributed by atoms with Gasteiger partial charge in [0.05, 0.1) is 33.8 Å². The lowest BCUT2D eigenvalue weighted by Gasteiger charge is -2.11. The van der Waals surface area contributed by atoms with E-state index in [1.165, 1.54) is 0 Å². The zero-order chi connectivity index (χ0) is 26.9. The number of amides is 1. The average Bonchev–Trinajstić information content (AvgIpc) is 3.51. The fraction of sp³-hybridized carbons (Fsp3) is 0.125. The smallest absolute Gasteiger partial charge is 0.252 e. The number of benzene rings is 3. The van der Waals surface area contributed by atoms with E-state index in [9.17, 15) is 4.79 Å². The Balaban J connectivity index is 1.37. The number of hydrogen-bond acceptors (Lipinski definition) is 4. The number of carbonyl (C=O) groups is 1. The minimum Gasteiger partial charge on any atom is -0.348 e. The highest BCUT2D eigenvalue weighted by atomic mass is 16.1. The van der Waals surface area contributed by atoms with E-state index in [0.29, 0.717) is 12.1 Å². The molecule has 3 aromatic carbocycles. The molecule has 3 aromatic heterocycles. The van der Waals surface area contributed by atoms with Crippen LogP contribution in [0.15, 0.2) is 97.2 Å². The summed E-state index contributed by atoms with van der Waals surface area (Å²) in [6.45, 7) is 4.31. The van der Waals surface area contributed by atoms with Crippen LogP contribution >= 0.6 is 0 Å². The van der Waals surface area contributed by atoms with Gasteiger partial charge in [-0.05, 0) is 38.1 Å². The number of carbonyl (C=O) groups excluding carboxylic acids is 1. The van der Waals surface area contributed by atoms with E-state index in [2.05, 4.69) is 10.4 Å². The summed E-state index contributed by atoms with van der Waals surface area (Å²) in [7, 11) is 1.92. The molecular formula is C32H28N6O. The molecule has 0 radical (unpaired) electrons. The summed E-state index contributed by atoms with van der Waals surface area (Å²) in [5.74, 6) is -0.166. The summed E-state index contributed by atoms with van der Waals surface area (Å²) in [4.78, 5) is 18.6. The van der Waals surface area contributed by atoms with Gasteiger partial charge >= 0.3 is 0 Å². The monoisotopic (exact) mass is 512 g/mol. The second-order valence-electron chi connectivity index (χ2n) is 9.57. The van der Waals surface area contributed by atoms with Crippen molar-refractivity contribution < 1.29 is 4.79 Å². The third kappa shape index (κ3) is 4.59. The fourth-order valence-electron chi connectivity index (χ4n) is 5.00. The van der Waals surface area contributed by atoms with E-state index in [4.69, 9.17) is 10.1 Å². The Morgan fingerprint density at radius 3 is 2.28 bits per heavy atom. The van der Waals surface area contributed by atoms with Gasteiger partial charge < -0.3 is 5.32 Å². The topological polar surface area (TPSA) is 77.6 Å². The summed E-state index contributed by atoms with van der Waals surface area (Å²) >= 11 is 0. The van der Waals surface area contributed by atoms with Gasteiger partial charge in [-0.15, -0.1) is 0 Å². The second kappa shape index (κ2) is 10.0. The molecule has 0 saturated carbocycles. The van der Waals surface area contributed by atoms with Crippen molar-refractivity contribution >= 4 is 16.8 Å². The van der Waals surface area contributed by atoms with Crippen molar-refractivity contribution in [2.45, 2.75) is 20.4 Å². The zero-order valence-electron chi connectivity index (χ0n) is 22.1. The predicted molar refractivity (Wildman–Crippen MR) is 154 cm³/mol. The Morgan fingerprint density at radius 2 is 1.56 bits per heavy atom. The van der Waals surface area contributed by atoms with Crippen LogP contribution in [-0.4, -0.2) is 30.5 Å². The van der Waals surface area contributed by atoms with Gasteiger partial charge in [-0.3, -0.25) is 9.48 Å². The average molecular weight is 513 g/mol. The van der Waals surface area contributed by atoms with Crippen LogP contribution in [0.3, 0.4) is 0 Å². The van der Waals surface area contributed by atoms with Crippen LogP contribution in [0.5, 0.6) is 0 Å². The van der Waals surface area contributed by atoms with Gasteiger partial charge in [0.2, 0.25) is 0 Å². The van der Waals surface area contributed by atoms with Crippen LogP contribution < -0.4 is 5.32 Å². The highest BCUT2D eigenvalue weighted by Gasteiger charge is 2.19. The third-order valence-electron chi connectivity index (χ3n) is 7.02. The largest absolute Gasteiger partial charge is 0.348 e. The molecule has 39 heavy (non-hydrogen) atoms. The number of para-hydroxylation sites is 2. The van der Waals surface area contributed by atoms with Gasteiger partial charge in [-0.1, -0.05) is 66.7 Å². The Labute approximate surface area is 226 Å². The van der Waals surface area contributed by atoms with Crippen LogP contribution in [-0.2, 0) is 13.6 Å². The molecular weight excluding hydrogens is 484 g/mol. The normalized spacial score (nSPS) is 11.2. The van der Waals surface area contributed by atoms with Crippen molar-refractivity contribution in [3.63, 3.8) is 0 Å². The Bertz CT molecular complexity index is 1800. The SMILES string of the molecule is Cc1nn(C)c(C)c1-c1cc(C(=O)NCc2cn(-c3ccccc3)nc2-c2ccccc2)c2ccccc2n1. The van der Waals surface area contributed by atoms with Gasteiger partial charge in [0.1, 0.15) is 0 Å². The zero-order valence-corrected chi connectivity index (χ0v) is 22.1. The van der Waals surface area contributed by atoms with Gasteiger partial charge in [0, 0.05) is 47.6 Å². The second-order valence-corrected chi connectivity index (χ2v) is 9.57. The standard InChI is InChI=1S/C32H28N6O/c1-21-30(22(2)37(3)35-21)29-18-27(26-16-10-11-17-28(26)34-29)32(39)33-19-24-20-38(25-14-8-5-9-15-25)36-31(24)23-12-6-4-7-13-23/h4-18,20H,19H2,1-3H3,(H,33,39). The number of hydrogen-bond donors (Lipinski definition) is 1. The van der Waals surface area contributed by atoms with E-state index in [0.717, 1.165) is 56.1 Å². The molecule has 0 spiro atoms. The summed E-state index contributed by atoms with van der Waals surface area (Å²) in [5.41, 5.74) is 8.64. The molecule has 0 aliphatic heterocycles. The van der Waals surface area contributed by atoms with E-state index in [-0.39, 0.29) is 5.91 Å². The lowest BCUT2D eigenvalue weighted by molar-refractivity contribution is 0.0952. The molecule has 0 fully saturated rings. The molecule has 7 nitrogen and oxygen atoms in total. The molecule has 0 unspecified atom stereocenters. The highest BCUT2D eigenvalue weighted by Crippen LogP contribution is 2.30. The predicted octanol–water partition coefficient (Wildman–Crippen LogP) is 6.03. The van der Waals surface area contributed by atoms with Crippen molar-refractivity contribution in [2.24, 2.45) is 7.05 Å². The molecule has 0 bridgehead atoms. The first kappa shape index (κ1) is 24.3. The van der Waals surface area contributed by atoms with Crippen molar-refractivity contribution in [2.75, 3.05) is 0 Å². The van der Waals surface area contributed by atoms with Crippen LogP contribution in [0, 0.1) is 13.8 Å². The van der Waals surface area contributed by atoms with E-state index < -0.39 is 0 Å². The molecule has 0 aliphatic rings. The first-order chi connectivity index (χ1) is 19.0. The van der Waals surface area contributed by atoms with Gasteiger partial charge in [-0.25, -0.2) is 9.67 Å². The first-order valence-corrected chi connectivity index (χ1v) is 12.9. The number of nitrogens with one attached hydrogen (secondary N) is 1. The van der Waals surface area contributed by atoms with Crippen molar-refractivity contribution in [3.05, 3.63) is 120 Å². The minimum absolute atomic E-state index is 0.166. The number of aryl methyl sites for hydroxylation is 2. The van der Waals surface area contributed by atoms with Crippen LogP contribution in [0.2, 0.25) is 0 Å². The lowest BCUT2D eigenvalue weighted by atomic mass is 10.0. The fourth-order valence-corrected chi connectivity index (χ4v) is 5.00. The summed E-state index contributed by atoms with van der Waals surface area (Å²) in [6, 6.07) is 29.6. The Hall–Kier alpha value is -5.04. The van der Waals surface area contributed by atoms with Gasteiger partial charge in [0.15, 0.2) is 0 Å². The molecule has 6 rings (SSSR count). The van der Waals surface area contributed by atoms with Crippen molar-refractivity contribution in [1.82, 2.24) is 29.9 Å². The van der Waals surface area contributed by atoms with Crippen LogP contribution in [0.4, 0.5) is 0 Å².